The minimum Gasteiger partial charge on any atom is -0.0911 e. The second kappa shape index (κ2) is 12.9. The van der Waals surface area contributed by atoms with Gasteiger partial charge in [0.05, 0.1) is 0 Å². The Morgan fingerprint density at radius 1 is 1.00 bits per heavy atom. The van der Waals surface area contributed by atoms with E-state index in [1.807, 2.05) is 0 Å². The normalized spacial score (nSPS) is 14.1. The highest BCUT2D eigenvalue weighted by Crippen LogP contribution is 2.22. The molecule has 0 aromatic heterocycles. The first-order valence-corrected chi connectivity index (χ1v) is 7.91. The van der Waals surface area contributed by atoms with Gasteiger partial charge in [0.1, 0.15) is 0 Å². The second-order valence-electron chi connectivity index (χ2n) is 5.11. The average Bonchev–Trinajstić information content (AvgIpc) is 2.39. The molecule has 0 heterocycles. The molecule has 0 rings (SSSR count). The first-order valence-electron chi connectivity index (χ1n) is 7.91. The molecule has 0 heteroatoms. The van der Waals surface area contributed by atoms with Gasteiger partial charge in [-0.2, -0.15) is 0 Å². The summed E-state index contributed by atoms with van der Waals surface area (Å²) in [4.78, 5) is 0. The highest BCUT2D eigenvalue weighted by molar-refractivity contribution is 5.01. The fraction of sp³-hybridized carbons (Fsp3) is 0.722. The molecule has 18 heavy (non-hydrogen) atoms. The Morgan fingerprint density at radius 2 is 1.72 bits per heavy atom. The molecule has 0 saturated heterocycles. The lowest BCUT2D eigenvalue weighted by Crippen LogP contribution is -1.99. The maximum absolute atomic E-state index is 2.42. The molecule has 1 radical (unpaired) electrons. The van der Waals surface area contributed by atoms with E-state index in [4.69, 9.17) is 0 Å². The quantitative estimate of drug-likeness (QED) is 0.290. The third kappa shape index (κ3) is 9.50. The molecule has 0 aliphatic rings. The molecular formula is C18H33. The molecule has 0 nitrogen and oxygen atoms in total. The Hall–Kier alpha value is -0.520. The van der Waals surface area contributed by atoms with E-state index < -0.39 is 0 Å². The van der Waals surface area contributed by atoms with Gasteiger partial charge < -0.3 is 0 Å². The van der Waals surface area contributed by atoms with E-state index in [2.05, 4.69) is 52.0 Å². The van der Waals surface area contributed by atoms with Crippen molar-refractivity contribution in [2.45, 2.75) is 79.1 Å². The van der Waals surface area contributed by atoms with E-state index in [0.717, 1.165) is 0 Å². The van der Waals surface area contributed by atoms with Crippen molar-refractivity contribution in [3.05, 3.63) is 30.2 Å². The summed E-state index contributed by atoms with van der Waals surface area (Å²) in [6.45, 7) is 8.95. The molecule has 0 amide bonds. The fourth-order valence-corrected chi connectivity index (χ4v) is 2.26. The van der Waals surface area contributed by atoms with E-state index in [9.17, 15) is 0 Å². The van der Waals surface area contributed by atoms with Gasteiger partial charge in [-0.1, -0.05) is 57.9 Å². The Bertz CT molecular complexity index is 208. The fourth-order valence-electron chi connectivity index (χ4n) is 2.26. The van der Waals surface area contributed by atoms with Gasteiger partial charge in [-0.3, -0.25) is 0 Å². The van der Waals surface area contributed by atoms with Crippen molar-refractivity contribution in [1.29, 1.82) is 0 Å². The molecule has 0 aromatic rings. The zero-order valence-electron chi connectivity index (χ0n) is 13.0. The van der Waals surface area contributed by atoms with Crippen molar-refractivity contribution in [3.8, 4) is 0 Å². The van der Waals surface area contributed by atoms with Crippen LogP contribution in [0.5, 0.6) is 0 Å². The van der Waals surface area contributed by atoms with Crippen molar-refractivity contribution >= 4 is 0 Å². The van der Waals surface area contributed by atoms with Crippen LogP contribution in [0.2, 0.25) is 0 Å². The first-order chi connectivity index (χ1) is 8.78. The summed E-state index contributed by atoms with van der Waals surface area (Å²) in [7, 11) is 0. The minimum absolute atomic E-state index is 0.643. The Kier molecular flexibility index (Phi) is 12.6. The molecule has 0 aromatic carbocycles. The molecular weight excluding hydrogens is 216 g/mol. The second-order valence-corrected chi connectivity index (χ2v) is 5.11. The monoisotopic (exact) mass is 249 g/mol. The predicted octanol–water partition coefficient (Wildman–Crippen LogP) is 6.49. The SMILES string of the molecule is CC=CC(C=CCCCCC)CC[C](CC)CC. The van der Waals surface area contributed by atoms with Crippen LogP contribution in [-0.4, -0.2) is 0 Å². The standard InChI is InChI=1S/C18H33/c1-5-9-10-11-12-14-18(13-6-2)16-15-17(7-3)8-4/h6,12-14,18H,5,7-11,15-16H2,1-4H3. The van der Waals surface area contributed by atoms with Gasteiger partial charge >= 0.3 is 0 Å². The topological polar surface area (TPSA) is 0 Å². The smallest absolute Gasteiger partial charge is 0.00534 e. The van der Waals surface area contributed by atoms with Crippen LogP contribution in [0.15, 0.2) is 24.3 Å². The van der Waals surface area contributed by atoms with Gasteiger partial charge in [0.2, 0.25) is 0 Å². The molecule has 0 fully saturated rings. The molecule has 0 saturated carbocycles. The maximum atomic E-state index is 2.42. The predicted molar refractivity (Wildman–Crippen MR) is 84.6 cm³/mol. The lowest BCUT2D eigenvalue weighted by atomic mass is 9.91. The lowest BCUT2D eigenvalue weighted by molar-refractivity contribution is 0.610. The molecule has 105 valence electrons. The average molecular weight is 249 g/mol. The summed E-state index contributed by atoms with van der Waals surface area (Å²) in [6, 6.07) is 0. The molecule has 0 N–H and O–H groups in total. The number of rotatable bonds is 11. The third-order valence-corrected chi connectivity index (χ3v) is 3.63. The van der Waals surface area contributed by atoms with Crippen molar-refractivity contribution in [2.24, 2.45) is 5.92 Å². The van der Waals surface area contributed by atoms with Crippen molar-refractivity contribution < 1.29 is 0 Å². The van der Waals surface area contributed by atoms with Crippen LogP contribution in [-0.2, 0) is 0 Å². The summed E-state index contributed by atoms with van der Waals surface area (Å²) in [5, 5.41) is 0. The van der Waals surface area contributed by atoms with Crippen LogP contribution in [0.25, 0.3) is 0 Å². The van der Waals surface area contributed by atoms with Gasteiger partial charge in [-0.15, -0.1) is 0 Å². The zero-order valence-corrected chi connectivity index (χ0v) is 13.0. The van der Waals surface area contributed by atoms with Gasteiger partial charge in [0, 0.05) is 0 Å². The van der Waals surface area contributed by atoms with Crippen LogP contribution in [0.1, 0.15) is 79.1 Å². The molecule has 1 unspecified atom stereocenters. The van der Waals surface area contributed by atoms with Gasteiger partial charge in [-0.05, 0) is 57.3 Å². The van der Waals surface area contributed by atoms with Crippen molar-refractivity contribution in [3.63, 3.8) is 0 Å². The summed E-state index contributed by atoms with van der Waals surface area (Å²) < 4.78 is 0. The van der Waals surface area contributed by atoms with E-state index in [0.29, 0.717) is 5.92 Å². The number of unbranched alkanes of at least 4 members (excludes halogenated alkanes) is 3. The Morgan fingerprint density at radius 3 is 2.28 bits per heavy atom. The number of hydrogen-bond acceptors (Lipinski definition) is 0. The van der Waals surface area contributed by atoms with Crippen molar-refractivity contribution in [1.82, 2.24) is 0 Å². The first kappa shape index (κ1) is 17.5. The van der Waals surface area contributed by atoms with Gasteiger partial charge in [-0.25, -0.2) is 0 Å². The molecule has 1 atom stereocenters. The van der Waals surface area contributed by atoms with Crippen LogP contribution >= 0.6 is 0 Å². The van der Waals surface area contributed by atoms with Gasteiger partial charge in [0.15, 0.2) is 0 Å². The number of allylic oxidation sites excluding steroid dienone is 4. The summed E-state index contributed by atoms with van der Waals surface area (Å²) in [5.41, 5.74) is 0. The van der Waals surface area contributed by atoms with Crippen LogP contribution in [0.3, 0.4) is 0 Å². The minimum atomic E-state index is 0.643. The van der Waals surface area contributed by atoms with E-state index in [1.54, 1.807) is 5.92 Å². The van der Waals surface area contributed by atoms with Crippen LogP contribution in [0, 0.1) is 11.8 Å². The van der Waals surface area contributed by atoms with Crippen LogP contribution in [0.4, 0.5) is 0 Å². The summed E-state index contributed by atoms with van der Waals surface area (Å²) >= 11 is 0. The summed E-state index contributed by atoms with van der Waals surface area (Å²) in [5.74, 6) is 2.36. The lowest BCUT2D eigenvalue weighted by Gasteiger charge is -2.14. The third-order valence-electron chi connectivity index (χ3n) is 3.63. The van der Waals surface area contributed by atoms with E-state index in [1.165, 1.54) is 51.4 Å². The maximum Gasteiger partial charge on any atom is -0.00534 e. The number of hydrogen-bond donors (Lipinski definition) is 0. The highest BCUT2D eigenvalue weighted by atomic mass is 14.1. The van der Waals surface area contributed by atoms with Crippen LogP contribution < -0.4 is 0 Å². The van der Waals surface area contributed by atoms with Gasteiger partial charge in [0.25, 0.3) is 0 Å². The zero-order chi connectivity index (χ0) is 13.6. The Labute approximate surface area is 116 Å². The molecule has 0 bridgehead atoms. The van der Waals surface area contributed by atoms with E-state index in [-0.39, 0.29) is 0 Å². The van der Waals surface area contributed by atoms with Crippen molar-refractivity contribution in [2.75, 3.05) is 0 Å². The Balaban J connectivity index is 3.98. The highest BCUT2D eigenvalue weighted by Gasteiger charge is 2.07. The summed E-state index contributed by atoms with van der Waals surface area (Å²) in [6.07, 6.45) is 19.7. The molecule has 0 aliphatic heterocycles. The molecule has 0 aliphatic carbocycles. The largest absolute Gasteiger partial charge is 0.0911 e. The van der Waals surface area contributed by atoms with E-state index >= 15 is 0 Å². The molecule has 0 spiro atoms.